The number of nitrogens with zero attached hydrogens (tertiary/aromatic N) is 4. The highest BCUT2D eigenvalue weighted by Crippen LogP contribution is 2.33. The van der Waals surface area contributed by atoms with E-state index in [0.717, 1.165) is 10.9 Å². The molecule has 0 bridgehead atoms. The quantitative estimate of drug-likeness (QED) is 0.191. The first-order valence-electron chi connectivity index (χ1n) is 7.65. The van der Waals surface area contributed by atoms with E-state index in [1.165, 1.54) is 20.3 Å². The van der Waals surface area contributed by atoms with Crippen LogP contribution in [0.2, 0.25) is 0 Å². The molecule has 1 aromatic carbocycles. The van der Waals surface area contributed by atoms with Crippen LogP contribution in [0, 0.1) is 0 Å². The number of aromatic nitrogens is 1. The number of esters is 1. The molecule has 0 atom stereocenters. The van der Waals surface area contributed by atoms with Crippen molar-refractivity contribution in [3.05, 3.63) is 51.7 Å². The molecule has 0 spiro atoms. The predicted molar refractivity (Wildman–Crippen MR) is 93.4 cm³/mol. The van der Waals surface area contributed by atoms with Crippen molar-refractivity contribution in [1.29, 1.82) is 0 Å². The first kappa shape index (κ1) is 18.5. The molecule has 8 nitrogen and oxygen atoms in total. The zero-order valence-electron chi connectivity index (χ0n) is 14.6. The molecule has 132 valence electrons. The number of hydrogen-bond acceptors (Lipinski definition) is 5. The summed E-state index contributed by atoms with van der Waals surface area (Å²) in [6.45, 7) is 1.86. The van der Waals surface area contributed by atoms with Crippen LogP contribution in [-0.2, 0) is 26.1 Å². The Morgan fingerprint density at radius 2 is 2.04 bits per heavy atom. The Morgan fingerprint density at radius 1 is 1.36 bits per heavy atom. The maximum atomic E-state index is 12.1. The van der Waals surface area contributed by atoms with E-state index in [9.17, 15) is 4.79 Å². The molecule has 0 fully saturated rings. The van der Waals surface area contributed by atoms with Crippen molar-refractivity contribution in [1.82, 2.24) is 4.57 Å². The van der Waals surface area contributed by atoms with Gasteiger partial charge >= 0.3 is 5.97 Å². The molecule has 25 heavy (non-hydrogen) atoms. The first-order valence-corrected chi connectivity index (χ1v) is 7.65. The van der Waals surface area contributed by atoms with Crippen molar-refractivity contribution >= 4 is 22.9 Å². The molecule has 1 heterocycles. The highest BCUT2D eigenvalue weighted by molar-refractivity contribution is 5.99. The molecule has 2 rings (SSSR count). The fourth-order valence-electron chi connectivity index (χ4n) is 2.72. The van der Waals surface area contributed by atoms with Crippen LogP contribution in [0.15, 0.2) is 35.1 Å². The Morgan fingerprint density at radius 3 is 2.64 bits per heavy atom. The number of rotatable bonds is 7. The van der Waals surface area contributed by atoms with Crippen molar-refractivity contribution in [2.45, 2.75) is 13.2 Å². The molecular formula is C17H20N4O4. The van der Waals surface area contributed by atoms with Crippen molar-refractivity contribution in [2.24, 2.45) is 12.2 Å². The van der Waals surface area contributed by atoms with E-state index in [1.54, 1.807) is 6.92 Å². The first-order chi connectivity index (χ1) is 12.1. The van der Waals surface area contributed by atoms with E-state index in [4.69, 9.17) is 19.7 Å². The Kier molecular flexibility index (Phi) is 6.19. The number of para-hydroxylation sites is 1. The highest BCUT2D eigenvalue weighted by Gasteiger charge is 2.22. The van der Waals surface area contributed by atoms with E-state index in [0.29, 0.717) is 11.3 Å². The van der Waals surface area contributed by atoms with Crippen molar-refractivity contribution in [3.8, 4) is 0 Å². The van der Waals surface area contributed by atoms with Gasteiger partial charge in [-0.05, 0) is 24.6 Å². The third-order valence-corrected chi connectivity index (χ3v) is 3.76. The van der Waals surface area contributed by atoms with E-state index in [-0.39, 0.29) is 12.3 Å². The van der Waals surface area contributed by atoms with Crippen molar-refractivity contribution in [3.63, 3.8) is 0 Å². The molecular weight excluding hydrogens is 324 g/mol. The molecule has 0 saturated heterocycles. The fourth-order valence-corrected chi connectivity index (χ4v) is 2.72. The molecule has 0 radical (unpaired) electrons. The number of fused-ring (bicyclic) bond motifs is 1. The molecule has 0 amide bonds. The number of methoxy groups -OCH3 is 2. The SMILES string of the molecule is CCOC(=O)C(=Cc1c(C(OC)OC)n(C)c2ccccc12)N=[N+]=[N-]. The van der Waals surface area contributed by atoms with Gasteiger partial charge in [-0.1, -0.05) is 23.3 Å². The molecule has 1 aromatic heterocycles. The zero-order valence-corrected chi connectivity index (χ0v) is 14.6. The predicted octanol–water partition coefficient (Wildman–Crippen LogP) is 3.68. The largest absolute Gasteiger partial charge is 0.462 e. The number of benzene rings is 1. The summed E-state index contributed by atoms with van der Waals surface area (Å²) in [5.41, 5.74) is 10.9. The van der Waals surface area contributed by atoms with Gasteiger partial charge in [0.05, 0.1) is 12.3 Å². The maximum absolute atomic E-state index is 12.1. The summed E-state index contributed by atoms with van der Waals surface area (Å²) in [6.07, 6.45) is 0.846. The van der Waals surface area contributed by atoms with Gasteiger partial charge in [0.15, 0.2) is 6.29 Å². The van der Waals surface area contributed by atoms with Gasteiger partial charge in [0.25, 0.3) is 0 Å². The molecule has 0 saturated carbocycles. The van der Waals surface area contributed by atoms with Crippen LogP contribution in [0.5, 0.6) is 0 Å². The van der Waals surface area contributed by atoms with Gasteiger partial charge in [0.1, 0.15) is 5.70 Å². The summed E-state index contributed by atoms with van der Waals surface area (Å²) in [6, 6.07) is 7.64. The molecule has 0 aliphatic carbocycles. The summed E-state index contributed by atoms with van der Waals surface area (Å²) < 4.78 is 17.7. The number of hydrogen-bond donors (Lipinski definition) is 0. The molecule has 0 aliphatic rings. The van der Waals surface area contributed by atoms with E-state index >= 15 is 0 Å². The highest BCUT2D eigenvalue weighted by atomic mass is 16.7. The van der Waals surface area contributed by atoms with Gasteiger partial charge in [0.2, 0.25) is 0 Å². The lowest BCUT2D eigenvalue weighted by atomic mass is 10.1. The number of carbonyl (C=O) groups is 1. The Hall–Kier alpha value is -2.80. The van der Waals surface area contributed by atoms with Crippen LogP contribution >= 0.6 is 0 Å². The van der Waals surface area contributed by atoms with Gasteiger partial charge in [-0.25, -0.2) is 4.79 Å². The van der Waals surface area contributed by atoms with E-state index < -0.39 is 12.3 Å². The van der Waals surface area contributed by atoms with Crippen molar-refractivity contribution in [2.75, 3.05) is 20.8 Å². The van der Waals surface area contributed by atoms with Gasteiger partial charge in [-0.15, -0.1) is 0 Å². The van der Waals surface area contributed by atoms with Crippen LogP contribution in [-0.4, -0.2) is 31.4 Å². The second kappa shape index (κ2) is 8.34. The molecule has 8 heteroatoms. The average Bonchev–Trinajstić information content (AvgIpc) is 2.89. The standard InChI is InChI=1S/C17H20N4O4/c1-5-25-16(22)13(19-20-18)10-12-11-8-6-7-9-14(11)21(2)15(12)17(23-3)24-4/h6-10,17H,5H2,1-4H3. The lowest BCUT2D eigenvalue weighted by Gasteiger charge is -2.16. The summed E-state index contributed by atoms with van der Waals surface area (Å²) >= 11 is 0. The van der Waals surface area contributed by atoms with Crippen LogP contribution in [0.4, 0.5) is 0 Å². The Bertz CT molecular complexity index is 846. The maximum Gasteiger partial charge on any atom is 0.340 e. The second-order valence-electron chi connectivity index (χ2n) is 5.12. The number of aryl methyl sites for hydroxylation is 1. The second-order valence-corrected chi connectivity index (χ2v) is 5.12. The fraction of sp³-hybridized carbons (Fsp3) is 0.353. The molecule has 0 aliphatic heterocycles. The van der Waals surface area contributed by atoms with Crippen LogP contribution < -0.4 is 0 Å². The van der Waals surface area contributed by atoms with Crippen LogP contribution in [0.1, 0.15) is 24.5 Å². The third-order valence-electron chi connectivity index (χ3n) is 3.76. The summed E-state index contributed by atoms with van der Waals surface area (Å²) in [4.78, 5) is 14.8. The minimum absolute atomic E-state index is 0.132. The normalized spacial score (nSPS) is 11.6. The lowest BCUT2D eigenvalue weighted by Crippen LogP contribution is -2.11. The smallest absolute Gasteiger partial charge is 0.340 e. The number of carbonyl (C=O) groups excluding carboxylic acids is 1. The number of azide groups is 1. The summed E-state index contributed by atoms with van der Waals surface area (Å²) in [5.74, 6) is -0.689. The van der Waals surface area contributed by atoms with Gasteiger partial charge in [-0.3, -0.25) is 0 Å². The minimum atomic E-state index is -0.689. The van der Waals surface area contributed by atoms with Crippen LogP contribution in [0.25, 0.3) is 27.4 Å². The average molecular weight is 344 g/mol. The van der Waals surface area contributed by atoms with Gasteiger partial charge in [-0.2, -0.15) is 0 Å². The Labute approximate surface area is 145 Å². The molecule has 0 unspecified atom stereocenters. The summed E-state index contributed by atoms with van der Waals surface area (Å²) in [7, 11) is 4.93. The monoisotopic (exact) mass is 344 g/mol. The van der Waals surface area contributed by atoms with Gasteiger partial charge in [0, 0.05) is 42.6 Å². The molecule has 0 N–H and O–H groups in total. The number of ether oxygens (including phenoxy) is 3. The topological polar surface area (TPSA) is 98.5 Å². The summed E-state index contributed by atoms with van der Waals surface area (Å²) in [5, 5.41) is 4.35. The van der Waals surface area contributed by atoms with Crippen molar-refractivity contribution < 1.29 is 19.0 Å². The molecule has 2 aromatic rings. The van der Waals surface area contributed by atoms with Crippen LogP contribution in [0.3, 0.4) is 0 Å². The zero-order chi connectivity index (χ0) is 18.4. The Balaban J connectivity index is 2.77. The third kappa shape index (κ3) is 3.66. The van der Waals surface area contributed by atoms with Gasteiger partial charge < -0.3 is 18.8 Å². The van der Waals surface area contributed by atoms with E-state index in [2.05, 4.69) is 10.0 Å². The van der Waals surface area contributed by atoms with E-state index in [1.807, 2.05) is 35.9 Å². The lowest BCUT2D eigenvalue weighted by molar-refractivity contribution is -0.138. The minimum Gasteiger partial charge on any atom is -0.462 e.